The molecule has 0 saturated carbocycles. The molecule has 100 valence electrons. The summed E-state index contributed by atoms with van der Waals surface area (Å²) >= 11 is 7.29. The fourth-order valence-electron chi connectivity index (χ4n) is 1.65. The van der Waals surface area contributed by atoms with E-state index in [1.807, 2.05) is 6.07 Å². The van der Waals surface area contributed by atoms with Gasteiger partial charge in [-0.25, -0.2) is 4.98 Å². The number of halogens is 1. The van der Waals surface area contributed by atoms with Crippen molar-refractivity contribution in [3.8, 4) is 0 Å². The maximum atomic E-state index is 11.8. The molecule has 6 heteroatoms. The first kappa shape index (κ1) is 12.9. The molecule has 3 aromatic rings. The van der Waals surface area contributed by atoms with E-state index >= 15 is 0 Å². The molecule has 1 aromatic carbocycles. The number of hydrogen-bond donors (Lipinski definition) is 1. The SMILES string of the molecule is O=C(/C=C/c1ccco1)Nc1nc2cc(Cl)ccc2s1. The van der Waals surface area contributed by atoms with Gasteiger partial charge < -0.3 is 4.42 Å². The van der Waals surface area contributed by atoms with Crippen LogP contribution in [0.25, 0.3) is 16.3 Å². The molecule has 20 heavy (non-hydrogen) atoms. The molecule has 0 unspecified atom stereocenters. The molecule has 0 atom stereocenters. The first-order chi connectivity index (χ1) is 9.70. The van der Waals surface area contributed by atoms with Crippen molar-refractivity contribution in [2.24, 2.45) is 0 Å². The summed E-state index contributed by atoms with van der Waals surface area (Å²) < 4.78 is 6.07. The summed E-state index contributed by atoms with van der Waals surface area (Å²) in [4.78, 5) is 16.1. The zero-order valence-electron chi connectivity index (χ0n) is 10.2. The van der Waals surface area contributed by atoms with Crippen molar-refractivity contribution >= 4 is 50.3 Å². The number of nitrogens with zero attached hydrogens (tertiary/aromatic N) is 1. The Morgan fingerprint density at radius 1 is 1.40 bits per heavy atom. The first-order valence-corrected chi connectivity index (χ1v) is 6.99. The lowest BCUT2D eigenvalue weighted by Crippen LogP contribution is -2.07. The van der Waals surface area contributed by atoms with Crippen LogP contribution in [0, 0.1) is 0 Å². The van der Waals surface area contributed by atoms with Crippen LogP contribution in [0.5, 0.6) is 0 Å². The lowest BCUT2D eigenvalue weighted by Gasteiger charge is -1.94. The molecular weight excluding hydrogens is 296 g/mol. The fourth-order valence-corrected chi connectivity index (χ4v) is 2.66. The van der Waals surface area contributed by atoms with Gasteiger partial charge >= 0.3 is 0 Å². The van der Waals surface area contributed by atoms with E-state index in [0.717, 1.165) is 10.2 Å². The van der Waals surface area contributed by atoms with Crippen molar-refractivity contribution in [3.05, 3.63) is 53.5 Å². The molecule has 0 radical (unpaired) electrons. The predicted octanol–water partition coefficient (Wildman–Crippen LogP) is 4.19. The van der Waals surface area contributed by atoms with Gasteiger partial charge in [0.2, 0.25) is 5.91 Å². The van der Waals surface area contributed by atoms with E-state index < -0.39 is 0 Å². The number of benzene rings is 1. The molecule has 0 aliphatic carbocycles. The second-order valence-corrected chi connectivity index (χ2v) is 5.44. The lowest BCUT2D eigenvalue weighted by atomic mass is 10.3. The second kappa shape index (κ2) is 5.48. The molecule has 2 aromatic heterocycles. The number of furan rings is 1. The lowest BCUT2D eigenvalue weighted by molar-refractivity contribution is -0.111. The van der Waals surface area contributed by atoms with E-state index in [1.54, 1.807) is 36.6 Å². The van der Waals surface area contributed by atoms with Crippen molar-refractivity contribution in [2.75, 3.05) is 5.32 Å². The minimum absolute atomic E-state index is 0.258. The Hall–Kier alpha value is -2.11. The summed E-state index contributed by atoms with van der Waals surface area (Å²) in [5, 5.41) is 3.87. The van der Waals surface area contributed by atoms with Gasteiger partial charge in [-0.2, -0.15) is 0 Å². The van der Waals surface area contributed by atoms with Crippen LogP contribution in [0.3, 0.4) is 0 Å². The van der Waals surface area contributed by atoms with Crippen LogP contribution in [0.2, 0.25) is 5.02 Å². The van der Waals surface area contributed by atoms with Crippen molar-refractivity contribution < 1.29 is 9.21 Å². The maximum absolute atomic E-state index is 11.8. The zero-order chi connectivity index (χ0) is 13.9. The van der Waals surface area contributed by atoms with Crippen LogP contribution < -0.4 is 5.32 Å². The molecule has 2 heterocycles. The summed E-state index contributed by atoms with van der Waals surface area (Å²) in [5.74, 6) is 0.364. The summed E-state index contributed by atoms with van der Waals surface area (Å²) in [7, 11) is 0. The van der Waals surface area contributed by atoms with Crippen LogP contribution in [0.4, 0.5) is 5.13 Å². The molecule has 1 amide bonds. The Morgan fingerprint density at radius 3 is 3.10 bits per heavy atom. The number of thiazole rings is 1. The third-order valence-corrected chi connectivity index (χ3v) is 3.71. The highest BCUT2D eigenvalue weighted by atomic mass is 35.5. The second-order valence-electron chi connectivity index (χ2n) is 3.97. The Balaban J connectivity index is 1.74. The van der Waals surface area contributed by atoms with Crippen molar-refractivity contribution in [3.63, 3.8) is 0 Å². The molecule has 0 saturated heterocycles. The number of fused-ring (bicyclic) bond motifs is 1. The van der Waals surface area contributed by atoms with E-state index in [4.69, 9.17) is 16.0 Å². The Labute approximate surface area is 123 Å². The minimum atomic E-state index is -0.258. The predicted molar refractivity (Wildman–Crippen MR) is 81.0 cm³/mol. The quantitative estimate of drug-likeness (QED) is 0.738. The minimum Gasteiger partial charge on any atom is -0.465 e. The van der Waals surface area contributed by atoms with Crippen molar-refractivity contribution in [1.82, 2.24) is 4.98 Å². The summed E-state index contributed by atoms with van der Waals surface area (Å²) in [6, 6.07) is 8.97. The number of rotatable bonds is 3. The number of nitrogens with one attached hydrogen (secondary N) is 1. The van der Waals surface area contributed by atoms with Gasteiger partial charge in [0.1, 0.15) is 5.76 Å². The topological polar surface area (TPSA) is 55.1 Å². The molecular formula is C14H9ClN2O2S. The van der Waals surface area contributed by atoms with Gasteiger partial charge in [0.15, 0.2) is 5.13 Å². The fraction of sp³-hybridized carbons (Fsp3) is 0. The van der Waals surface area contributed by atoms with E-state index in [-0.39, 0.29) is 5.91 Å². The monoisotopic (exact) mass is 304 g/mol. The Kier molecular flexibility index (Phi) is 3.54. The third kappa shape index (κ3) is 2.89. The normalized spacial score (nSPS) is 11.2. The largest absolute Gasteiger partial charge is 0.465 e. The van der Waals surface area contributed by atoms with Gasteiger partial charge in [-0.15, -0.1) is 0 Å². The standard InChI is InChI=1S/C14H9ClN2O2S/c15-9-3-5-12-11(8-9)16-14(20-12)17-13(18)6-4-10-2-1-7-19-10/h1-8H,(H,16,17,18)/b6-4+. The summed E-state index contributed by atoms with van der Waals surface area (Å²) in [6.45, 7) is 0. The van der Waals surface area contributed by atoms with E-state index in [9.17, 15) is 4.79 Å². The highest BCUT2D eigenvalue weighted by molar-refractivity contribution is 7.22. The molecule has 0 spiro atoms. The molecule has 4 nitrogen and oxygen atoms in total. The molecule has 1 N–H and O–H groups in total. The van der Waals surface area contributed by atoms with Crippen LogP contribution in [-0.2, 0) is 4.79 Å². The number of aromatic nitrogens is 1. The van der Waals surface area contributed by atoms with Gasteiger partial charge in [-0.3, -0.25) is 10.1 Å². The van der Waals surface area contributed by atoms with E-state index in [1.165, 1.54) is 17.4 Å². The van der Waals surface area contributed by atoms with Gasteiger partial charge in [-0.05, 0) is 36.4 Å². The number of hydrogen-bond acceptors (Lipinski definition) is 4. The van der Waals surface area contributed by atoms with Crippen molar-refractivity contribution in [1.29, 1.82) is 0 Å². The Bertz CT molecular complexity index is 778. The van der Waals surface area contributed by atoms with Crippen LogP contribution in [0.15, 0.2) is 47.1 Å². The highest BCUT2D eigenvalue weighted by Crippen LogP contribution is 2.27. The van der Waals surface area contributed by atoms with Gasteiger partial charge in [0.05, 0.1) is 16.5 Å². The average molecular weight is 305 g/mol. The van der Waals surface area contributed by atoms with Crippen LogP contribution >= 0.6 is 22.9 Å². The molecule has 0 fully saturated rings. The molecule has 0 aliphatic rings. The number of anilines is 1. The van der Waals surface area contributed by atoms with Crippen LogP contribution in [0.1, 0.15) is 5.76 Å². The molecule has 0 bridgehead atoms. The Morgan fingerprint density at radius 2 is 2.30 bits per heavy atom. The van der Waals surface area contributed by atoms with Crippen molar-refractivity contribution in [2.45, 2.75) is 0 Å². The van der Waals surface area contributed by atoms with Gasteiger partial charge in [0, 0.05) is 11.1 Å². The number of amides is 1. The van der Waals surface area contributed by atoms with Gasteiger partial charge in [-0.1, -0.05) is 22.9 Å². The first-order valence-electron chi connectivity index (χ1n) is 5.79. The third-order valence-electron chi connectivity index (χ3n) is 2.52. The smallest absolute Gasteiger partial charge is 0.250 e. The van der Waals surface area contributed by atoms with E-state index in [2.05, 4.69) is 10.3 Å². The maximum Gasteiger partial charge on any atom is 0.250 e. The molecule has 0 aliphatic heterocycles. The van der Waals surface area contributed by atoms with Gasteiger partial charge in [0.25, 0.3) is 0 Å². The van der Waals surface area contributed by atoms with E-state index in [0.29, 0.717) is 15.9 Å². The average Bonchev–Trinajstić information content (AvgIpc) is 3.04. The number of carbonyl (C=O) groups is 1. The number of carbonyl (C=O) groups excluding carboxylic acids is 1. The molecule has 3 rings (SSSR count). The van der Waals surface area contributed by atoms with Crippen LogP contribution in [-0.4, -0.2) is 10.9 Å². The summed E-state index contributed by atoms with van der Waals surface area (Å²) in [5.41, 5.74) is 0.771. The summed E-state index contributed by atoms with van der Waals surface area (Å²) in [6.07, 6.45) is 4.55. The zero-order valence-corrected chi connectivity index (χ0v) is 11.7. The highest BCUT2D eigenvalue weighted by Gasteiger charge is 2.06.